The van der Waals surface area contributed by atoms with Gasteiger partial charge in [-0.3, -0.25) is 10.2 Å². The number of hydrazine groups is 1. The van der Waals surface area contributed by atoms with Crippen molar-refractivity contribution in [1.82, 2.24) is 16.2 Å². The number of aliphatic hydroxyl groups is 1. The van der Waals surface area contributed by atoms with E-state index in [9.17, 15) is 9.59 Å². The molecule has 2 aromatic rings. The number of aryl methyl sites for hydroxylation is 1. The highest BCUT2D eigenvalue weighted by atomic mass is 16.5. The van der Waals surface area contributed by atoms with Crippen LogP contribution in [0.4, 0.5) is 4.79 Å². The molecule has 5 N–H and O–H groups in total. The van der Waals surface area contributed by atoms with E-state index in [0.29, 0.717) is 5.56 Å². The summed E-state index contributed by atoms with van der Waals surface area (Å²) in [6, 6.07) is 16.3. The number of carbonyl (C=O) groups excluding carboxylic acids is 1. The largest absolute Gasteiger partial charge is 0.497 e. The fraction of sp³-hybridized carbons (Fsp3) is 0.300. The third-order valence-electron chi connectivity index (χ3n) is 3.61. The monoisotopic (exact) mass is 389 g/mol. The molecule has 8 nitrogen and oxygen atoms in total. The number of ether oxygens (including phenoxy) is 1. The molecule has 1 aliphatic heterocycles. The summed E-state index contributed by atoms with van der Waals surface area (Å²) in [5, 5.41) is 19.9. The number of amides is 2. The van der Waals surface area contributed by atoms with E-state index in [1.807, 2.05) is 29.7 Å². The SMILES string of the molecule is COc1ccc(C)cc1.O=C(O)NNC(=O)c1ccccc1.OC1CCNC1. The molecular weight excluding hydrogens is 362 g/mol. The Morgan fingerprint density at radius 2 is 1.71 bits per heavy atom. The lowest BCUT2D eigenvalue weighted by molar-refractivity contribution is 0.0926. The number of carbonyl (C=O) groups is 2. The molecule has 0 spiro atoms. The Morgan fingerprint density at radius 1 is 1.07 bits per heavy atom. The Bertz CT molecular complexity index is 702. The number of nitrogens with one attached hydrogen (secondary N) is 3. The molecule has 2 amide bonds. The summed E-state index contributed by atoms with van der Waals surface area (Å²) in [5.74, 6) is 0.434. The molecule has 0 aromatic heterocycles. The van der Waals surface area contributed by atoms with Gasteiger partial charge < -0.3 is 20.3 Å². The van der Waals surface area contributed by atoms with Gasteiger partial charge in [-0.2, -0.15) is 0 Å². The lowest BCUT2D eigenvalue weighted by atomic mass is 10.2. The van der Waals surface area contributed by atoms with Crippen LogP contribution in [0.2, 0.25) is 0 Å². The summed E-state index contributed by atoms with van der Waals surface area (Å²) in [5.41, 5.74) is 5.43. The number of hydrogen-bond donors (Lipinski definition) is 5. The molecule has 0 aliphatic carbocycles. The quantitative estimate of drug-likeness (QED) is 0.501. The number of methoxy groups -OCH3 is 1. The van der Waals surface area contributed by atoms with Gasteiger partial charge in [0.15, 0.2) is 0 Å². The molecule has 1 heterocycles. The fourth-order valence-corrected chi connectivity index (χ4v) is 2.09. The van der Waals surface area contributed by atoms with Crippen molar-refractivity contribution in [2.45, 2.75) is 19.4 Å². The van der Waals surface area contributed by atoms with Gasteiger partial charge in [0.1, 0.15) is 5.75 Å². The van der Waals surface area contributed by atoms with Gasteiger partial charge in [-0.1, -0.05) is 35.9 Å². The van der Waals surface area contributed by atoms with Crippen molar-refractivity contribution >= 4 is 12.0 Å². The first-order chi connectivity index (χ1) is 13.4. The molecule has 1 unspecified atom stereocenters. The minimum absolute atomic E-state index is 0.0648. The number of benzene rings is 2. The van der Waals surface area contributed by atoms with Crippen LogP contribution in [0, 0.1) is 6.92 Å². The molecule has 1 saturated heterocycles. The van der Waals surface area contributed by atoms with E-state index in [-0.39, 0.29) is 6.10 Å². The molecule has 2 aromatic carbocycles. The van der Waals surface area contributed by atoms with Crippen molar-refractivity contribution < 1.29 is 24.5 Å². The van der Waals surface area contributed by atoms with Crippen molar-refractivity contribution in [3.05, 3.63) is 65.7 Å². The van der Waals surface area contributed by atoms with Crippen LogP contribution in [0.1, 0.15) is 22.3 Å². The standard InChI is InChI=1S/C8H8N2O3.C8H10O.C4H9NO/c11-7(9-10-8(12)13)6-4-2-1-3-5-6;1-7-3-5-8(9-2)6-4-7;6-4-1-2-5-3-4/h1-5,10H,(H,9,11)(H,12,13);3-6H,1-2H3;4-6H,1-3H2. The van der Waals surface area contributed by atoms with Crippen LogP contribution in [0.25, 0.3) is 0 Å². The van der Waals surface area contributed by atoms with E-state index in [0.717, 1.165) is 25.3 Å². The molecule has 0 saturated carbocycles. The molecule has 1 atom stereocenters. The van der Waals surface area contributed by atoms with E-state index >= 15 is 0 Å². The van der Waals surface area contributed by atoms with Gasteiger partial charge in [0.05, 0.1) is 13.2 Å². The summed E-state index contributed by atoms with van der Waals surface area (Å²) in [6.07, 6.45) is -0.436. The van der Waals surface area contributed by atoms with Gasteiger partial charge in [0, 0.05) is 12.1 Å². The highest BCUT2D eigenvalue weighted by molar-refractivity contribution is 5.94. The third-order valence-corrected chi connectivity index (χ3v) is 3.61. The maximum atomic E-state index is 11.1. The molecule has 28 heavy (non-hydrogen) atoms. The van der Waals surface area contributed by atoms with Crippen LogP contribution >= 0.6 is 0 Å². The molecule has 0 bridgehead atoms. The van der Waals surface area contributed by atoms with Gasteiger partial charge in [0.2, 0.25) is 0 Å². The Morgan fingerprint density at radius 3 is 2.14 bits per heavy atom. The van der Waals surface area contributed by atoms with E-state index in [2.05, 4.69) is 12.2 Å². The summed E-state index contributed by atoms with van der Waals surface area (Å²) < 4.78 is 4.97. The summed E-state index contributed by atoms with van der Waals surface area (Å²) in [4.78, 5) is 21.1. The minimum Gasteiger partial charge on any atom is -0.497 e. The second kappa shape index (κ2) is 13.1. The molecule has 1 aliphatic rings. The molecule has 1 fully saturated rings. The first kappa shape index (κ1) is 22.9. The topological polar surface area (TPSA) is 120 Å². The number of carboxylic acid groups (broad SMARTS) is 1. The second-order valence-corrected chi connectivity index (χ2v) is 5.91. The summed E-state index contributed by atoms with van der Waals surface area (Å²) in [6.45, 7) is 3.83. The molecule has 152 valence electrons. The molecule has 3 rings (SSSR count). The summed E-state index contributed by atoms with van der Waals surface area (Å²) >= 11 is 0. The van der Waals surface area contributed by atoms with Gasteiger partial charge in [-0.05, 0) is 44.2 Å². The van der Waals surface area contributed by atoms with Crippen LogP contribution < -0.4 is 20.9 Å². The normalized spacial score (nSPS) is 14.5. The maximum absolute atomic E-state index is 11.1. The highest BCUT2D eigenvalue weighted by Gasteiger charge is 2.08. The Balaban J connectivity index is 0.000000226. The lowest BCUT2D eigenvalue weighted by Crippen LogP contribution is -2.40. The maximum Gasteiger partial charge on any atom is 0.423 e. The number of rotatable bonds is 2. The zero-order chi connectivity index (χ0) is 20.8. The molecule has 0 radical (unpaired) electrons. The number of hydrogen-bond acceptors (Lipinski definition) is 5. The highest BCUT2D eigenvalue weighted by Crippen LogP contribution is 2.09. The fourth-order valence-electron chi connectivity index (χ4n) is 2.09. The van der Waals surface area contributed by atoms with Crippen molar-refractivity contribution in [2.75, 3.05) is 20.2 Å². The Kier molecular flexibility index (Phi) is 10.8. The average molecular weight is 389 g/mol. The zero-order valence-electron chi connectivity index (χ0n) is 16.0. The van der Waals surface area contributed by atoms with E-state index in [1.54, 1.807) is 42.9 Å². The molecular formula is C20H27N3O5. The van der Waals surface area contributed by atoms with Gasteiger partial charge in [0.25, 0.3) is 5.91 Å². The van der Waals surface area contributed by atoms with Crippen LogP contribution in [0.15, 0.2) is 54.6 Å². The van der Waals surface area contributed by atoms with Crippen LogP contribution in [0.3, 0.4) is 0 Å². The van der Waals surface area contributed by atoms with Crippen LogP contribution in [-0.4, -0.2) is 48.5 Å². The lowest BCUT2D eigenvalue weighted by Gasteiger charge is -2.02. The van der Waals surface area contributed by atoms with Crippen molar-refractivity contribution in [1.29, 1.82) is 0 Å². The van der Waals surface area contributed by atoms with Crippen molar-refractivity contribution in [2.24, 2.45) is 0 Å². The van der Waals surface area contributed by atoms with E-state index in [4.69, 9.17) is 14.9 Å². The minimum atomic E-state index is -1.30. The van der Waals surface area contributed by atoms with Crippen LogP contribution in [0.5, 0.6) is 5.75 Å². The predicted octanol–water partition coefficient (Wildman–Crippen LogP) is 1.94. The van der Waals surface area contributed by atoms with Gasteiger partial charge in [-0.25, -0.2) is 10.2 Å². The smallest absolute Gasteiger partial charge is 0.423 e. The van der Waals surface area contributed by atoms with Crippen molar-refractivity contribution in [3.8, 4) is 5.75 Å². The Hall–Kier alpha value is -3.10. The second-order valence-electron chi connectivity index (χ2n) is 5.91. The van der Waals surface area contributed by atoms with Gasteiger partial charge >= 0.3 is 6.09 Å². The first-order valence-electron chi connectivity index (χ1n) is 8.76. The molecule has 8 heteroatoms. The van der Waals surface area contributed by atoms with E-state index < -0.39 is 12.0 Å². The number of β-amino-alcohol motifs (C(OH)–C–C–N with tert-alkyl or cyclic N) is 1. The average Bonchev–Trinajstić information content (AvgIpc) is 3.19. The van der Waals surface area contributed by atoms with E-state index in [1.165, 1.54) is 5.56 Å². The van der Waals surface area contributed by atoms with Crippen molar-refractivity contribution in [3.63, 3.8) is 0 Å². The van der Waals surface area contributed by atoms with Crippen LogP contribution in [-0.2, 0) is 0 Å². The van der Waals surface area contributed by atoms with Gasteiger partial charge in [-0.15, -0.1) is 0 Å². The Labute approximate surface area is 164 Å². The number of aliphatic hydroxyl groups excluding tert-OH is 1. The summed E-state index contributed by atoms with van der Waals surface area (Å²) in [7, 11) is 1.67. The zero-order valence-corrected chi connectivity index (χ0v) is 16.0. The third kappa shape index (κ3) is 10.1. The first-order valence-corrected chi connectivity index (χ1v) is 8.76. The predicted molar refractivity (Wildman–Crippen MR) is 106 cm³/mol.